The molecule has 1 atom stereocenters. The van der Waals surface area contributed by atoms with Gasteiger partial charge in [-0.2, -0.15) is 0 Å². The van der Waals surface area contributed by atoms with Gasteiger partial charge in [0.2, 0.25) is 0 Å². The number of hydrogen-bond acceptors (Lipinski definition) is 5. The maximum absolute atomic E-state index is 10.9. The maximum Gasteiger partial charge on any atom is 0.269 e. The quantitative estimate of drug-likeness (QED) is 0.596. The van der Waals surface area contributed by atoms with E-state index in [2.05, 4.69) is 17.2 Å². The number of aromatic nitrogens is 1. The van der Waals surface area contributed by atoms with Crippen LogP contribution in [0.25, 0.3) is 0 Å². The number of nitrogens with zero attached hydrogens (tertiary/aromatic N) is 2. The smallest absolute Gasteiger partial charge is 0.269 e. The first-order valence-electron chi connectivity index (χ1n) is 7.05. The van der Waals surface area contributed by atoms with E-state index < -0.39 is 0 Å². The Hall–Kier alpha value is -1.79. The topological polar surface area (TPSA) is 68.1 Å². The van der Waals surface area contributed by atoms with Gasteiger partial charge in [0, 0.05) is 36.5 Å². The molecule has 0 saturated heterocycles. The summed E-state index contributed by atoms with van der Waals surface area (Å²) in [6.07, 6.45) is 2.86. The molecule has 0 aliphatic rings. The highest BCUT2D eigenvalue weighted by molar-refractivity contribution is 7.07. The van der Waals surface area contributed by atoms with Crippen LogP contribution < -0.4 is 5.32 Å². The molecule has 0 amide bonds. The minimum Gasteiger partial charge on any atom is -0.310 e. The number of nitro benzene ring substituents is 1. The molecule has 6 heteroatoms. The lowest BCUT2D eigenvalue weighted by atomic mass is 10.0. The van der Waals surface area contributed by atoms with Crippen LogP contribution in [0.2, 0.25) is 0 Å². The summed E-state index contributed by atoms with van der Waals surface area (Å²) in [5, 5.41) is 16.4. The van der Waals surface area contributed by atoms with Crippen LogP contribution in [0.3, 0.4) is 0 Å². The molecule has 0 fully saturated rings. The molecular formula is C15H19N3O2S. The van der Waals surface area contributed by atoms with Crippen molar-refractivity contribution in [1.29, 1.82) is 0 Å². The van der Waals surface area contributed by atoms with Gasteiger partial charge < -0.3 is 5.32 Å². The fraction of sp³-hybridized carbons (Fsp3) is 0.400. The van der Waals surface area contributed by atoms with E-state index in [-0.39, 0.29) is 16.7 Å². The fourth-order valence-corrected chi connectivity index (χ4v) is 2.86. The minimum absolute atomic E-state index is 0.147. The molecule has 1 N–H and O–H groups in total. The molecule has 1 heterocycles. The van der Waals surface area contributed by atoms with Crippen LogP contribution in [0.5, 0.6) is 0 Å². The van der Waals surface area contributed by atoms with Crippen LogP contribution in [0.15, 0.2) is 35.2 Å². The van der Waals surface area contributed by atoms with Gasteiger partial charge in [0.25, 0.3) is 5.69 Å². The van der Waals surface area contributed by atoms with E-state index in [4.69, 9.17) is 0 Å². The SMILES string of the molecule is CCCC(NCCc1cscn1)c1cccc([N+](=O)[O-])c1. The third kappa shape index (κ3) is 4.61. The van der Waals surface area contributed by atoms with Gasteiger partial charge in [0.15, 0.2) is 0 Å². The summed E-state index contributed by atoms with van der Waals surface area (Å²) in [4.78, 5) is 14.8. The van der Waals surface area contributed by atoms with Gasteiger partial charge in [-0.1, -0.05) is 25.5 Å². The normalized spacial score (nSPS) is 12.2. The molecule has 1 aromatic heterocycles. The van der Waals surface area contributed by atoms with Crippen molar-refractivity contribution >= 4 is 17.0 Å². The van der Waals surface area contributed by atoms with Gasteiger partial charge >= 0.3 is 0 Å². The number of thiazole rings is 1. The molecule has 112 valence electrons. The van der Waals surface area contributed by atoms with Gasteiger partial charge in [-0.3, -0.25) is 10.1 Å². The molecule has 0 aliphatic carbocycles. The van der Waals surface area contributed by atoms with E-state index >= 15 is 0 Å². The van der Waals surface area contributed by atoms with Gasteiger partial charge in [-0.15, -0.1) is 11.3 Å². The van der Waals surface area contributed by atoms with Crippen molar-refractivity contribution < 1.29 is 4.92 Å². The van der Waals surface area contributed by atoms with Gasteiger partial charge in [0.05, 0.1) is 16.1 Å². The highest BCUT2D eigenvalue weighted by atomic mass is 32.1. The second-order valence-corrected chi connectivity index (χ2v) is 5.60. The van der Waals surface area contributed by atoms with Crippen molar-refractivity contribution in [1.82, 2.24) is 10.3 Å². The molecule has 0 spiro atoms. The van der Waals surface area contributed by atoms with Crippen molar-refractivity contribution in [3.8, 4) is 0 Å². The zero-order valence-corrected chi connectivity index (χ0v) is 12.8. The number of benzene rings is 1. The Morgan fingerprint density at radius 1 is 1.48 bits per heavy atom. The van der Waals surface area contributed by atoms with Crippen LogP contribution in [-0.4, -0.2) is 16.5 Å². The number of non-ortho nitro benzene ring substituents is 1. The van der Waals surface area contributed by atoms with E-state index in [9.17, 15) is 10.1 Å². The van der Waals surface area contributed by atoms with Crippen LogP contribution in [-0.2, 0) is 6.42 Å². The first kappa shape index (κ1) is 15.6. The first-order valence-corrected chi connectivity index (χ1v) is 7.99. The lowest BCUT2D eigenvalue weighted by Gasteiger charge is -2.18. The molecule has 2 rings (SSSR count). The van der Waals surface area contributed by atoms with Gasteiger partial charge in [0.1, 0.15) is 0 Å². The van der Waals surface area contributed by atoms with Gasteiger partial charge in [-0.05, 0) is 12.0 Å². The number of hydrogen-bond donors (Lipinski definition) is 1. The largest absolute Gasteiger partial charge is 0.310 e. The second-order valence-electron chi connectivity index (χ2n) is 4.88. The standard InChI is InChI=1S/C15H19N3O2S/c1-2-4-15(16-8-7-13-10-21-11-17-13)12-5-3-6-14(9-12)18(19)20/h3,5-6,9-11,15-16H,2,4,7-8H2,1H3. The average Bonchev–Trinajstić information content (AvgIpc) is 3.00. The Labute approximate surface area is 128 Å². The molecule has 21 heavy (non-hydrogen) atoms. The summed E-state index contributed by atoms with van der Waals surface area (Å²) in [6, 6.07) is 7.04. The Morgan fingerprint density at radius 2 is 2.33 bits per heavy atom. The maximum atomic E-state index is 10.9. The van der Waals surface area contributed by atoms with Crippen LogP contribution in [0.4, 0.5) is 5.69 Å². The Kier molecular flexibility index (Phi) is 5.83. The van der Waals surface area contributed by atoms with E-state index in [0.717, 1.165) is 37.1 Å². The molecular weight excluding hydrogens is 286 g/mol. The summed E-state index contributed by atoms with van der Waals surface area (Å²) >= 11 is 1.60. The molecule has 0 aliphatic heterocycles. The van der Waals surface area contributed by atoms with E-state index in [1.54, 1.807) is 23.5 Å². The van der Waals surface area contributed by atoms with Crippen LogP contribution in [0.1, 0.15) is 37.1 Å². The van der Waals surface area contributed by atoms with Crippen molar-refractivity contribution in [2.75, 3.05) is 6.54 Å². The third-order valence-electron chi connectivity index (χ3n) is 3.32. The Morgan fingerprint density at radius 3 is 3.00 bits per heavy atom. The highest BCUT2D eigenvalue weighted by Crippen LogP contribution is 2.22. The predicted octanol–water partition coefficient (Wildman–Crippen LogP) is 3.72. The van der Waals surface area contributed by atoms with Crippen LogP contribution >= 0.6 is 11.3 Å². The monoisotopic (exact) mass is 305 g/mol. The van der Waals surface area contributed by atoms with Gasteiger partial charge in [-0.25, -0.2) is 4.98 Å². The minimum atomic E-state index is -0.345. The molecule has 1 aromatic carbocycles. The fourth-order valence-electron chi connectivity index (χ4n) is 2.27. The molecule has 0 radical (unpaired) electrons. The molecule has 2 aromatic rings. The summed E-state index contributed by atoms with van der Waals surface area (Å²) < 4.78 is 0. The second kappa shape index (κ2) is 7.85. The average molecular weight is 305 g/mol. The highest BCUT2D eigenvalue weighted by Gasteiger charge is 2.13. The summed E-state index contributed by atoms with van der Waals surface area (Å²) in [7, 11) is 0. The van der Waals surface area contributed by atoms with Crippen molar-refractivity contribution in [3.63, 3.8) is 0 Å². The van der Waals surface area contributed by atoms with Crippen LogP contribution in [0, 0.1) is 10.1 Å². The Balaban J connectivity index is 2.00. The molecule has 1 unspecified atom stereocenters. The zero-order valence-electron chi connectivity index (χ0n) is 12.0. The van der Waals surface area contributed by atoms with Crippen molar-refractivity contribution in [2.24, 2.45) is 0 Å². The molecule has 0 saturated carbocycles. The summed E-state index contributed by atoms with van der Waals surface area (Å²) in [5.41, 5.74) is 4.04. The summed E-state index contributed by atoms with van der Waals surface area (Å²) in [5.74, 6) is 0. The van der Waals surface area contributed by atoms with Crippen molar-refractivity contribution in [2.45, 2.75) is 32.2 Å². The summed E-state index contributed by atoms with van der Waals surface area (Å²) in [6.45, 7) is 2.93. The van der Waals surface area contributed by atoms with E-state index in [1.807, 2.05) is 17.0 Å². The molecule has 5 nitrogen and oxygen atoms in total. The lowest BCUT2D eigenvalue weighted by Crippen LogP contribution is -2.23. The molecule has 0 bridgehead atoms. The lowest BCUT2D eigenvalue weighted by molar-refractivity contribution is -0.384. The first-order chi connectivity index (χ1) is 10.2. The zero-order chi connectivity index (χ0) is 15.1. The van der Waals surface area contributed by atoms with E-state index in [1.165, 1.54) is 6.07 Å². The van der Waals surface area contributed by atoms with E-state index in [0.29, 0.717) is 0 Å². The predicted molar refractivity (Wildman–Crippen MR) is 84.6 cm³/mol. The van der Waals surface area contributed by atoms with Crippen molar-refractivity contribution in [3.05, 3.63) is 56.5 Å². The number of rotatable bonds is 8. The number of nitro groups is 1. The Bertz CT molecular complexity index is 572. The number of nitrogens with one attached hydrogen (secondary N) is 1. The third-order valence-corrected chi connectivity index (χ3v) is 3.95.